The first-order chi connectivity index (χ1) is 28.1. The molecule has 4 fully saturated rings. The third-order valence-corrected chi connectivity index (χ3v) is 14.3. The Morgan fingerprint density at radius 1 is 0.898 bits per heavy atom. The second kappa shape index (κ2) is 13.1. The minimum absolute atomic E-state index is 0.00159. The summed E-state index contributed by atoms with van der Waals surface area (Å²) in [6.07, 6.45) is 13.0. The van der Waals surface area contributed by atoms with E-state index in [-0.39, 0.29) is 65.9 Å². The largest absolute Gasteiger partial charge is 0.492 e. The number of rotatable bonds is 8. The average molecular weight is 839 g/mol. The smallest absolute Gasteiger partial charge is 0.319 e. The molecule has 0 saturated carbocycles. The maximum absolute atomic E-state index is 17.4. The zero-order valence-corrected chi connectivity index (χ0v) is 32.7. The van der Waals surface area contributed by atoms with Crippen LogP contribution in [0.4, 0.5) is 34.0 Å². The lowest BCUT2D eigenvalue weighted by Gasteiger charge is -2.43. The molecule has 2 bridgehead atoms. The molecule has 2 aromatic heterocycles. The van der Waals surface area contributed by atoms with Crippen molar-refractivity contribution in [3.63, 3.8) is 0 Å². The number of piperazine rings is 1. The maximum Gasteiger partial charge on any atom is 0.319 e. The summed E-state index contributed by atoms with van der Waals surface area (Å²) in [5, 5.41) is 5.31. The fraction of sp³-hybridized carbons (Fsp3) is 0.419. The molecule has 10 rings (SSSR count). The third-order valence-electron chi connectivity index (χ3n) is 13.2. The average Bonchev–Trinajstić information content (AvgIpc) is 3.90. The number of benzene rings is 3. The molecule has 7 heterocycles. The minimum atomic E-state index is -9.88. The van der Waals surface area contributed by atoms with Crippen LogP contribution in [0.2, 0.25) is 0 Å². The molecule has 0 spiro atoms. The van der Waals surface area contributed by atoms with E-state index in [0.29, 0.717) is 77.7 Å². The molecule has 5 aliphatic rings. The summed E-state index contributed by atoms with van der Waals surface area (Å²) in [6, 6.07) is 11.4. The van der Waals surface area contributed by atoms with Crippen molar-refractivity contribution in [2.75, 3.05) is 31.2 Å². The van der Waals surface area contributed by atoms with Gasteiger partial charge in [0.25, 0.3) is 0 Å². The first-order valence-electron chi connectivity index (χ1n) is 20.1. The predicted octanol–water partition coefficient (Wildman–Crippen LogP) is 9.86. The highest BCUT2D eigenvalue weighted by Crippen LogP contribution is 3.02. The molecule has 3 aromatic carbocycles. The van der Waals surface area contributed by atoms with Gasteiger partial charge < -0.3 is 19.7 Å². The number of aryl methyl sites for hydroxylation is 1. The van der Waals surface area contributed by atoms with Crippen molar-refractivity contribution in [2.24, 2.45) is 0 Å². The van der Waals surface area contributed by atoms with E-state index in [9.17, 15) is 19.4 Å². The normalized spacial score (nSPS) is 26.4. The molecule has 1 N–H and O–H groups in total. The van der Waals surface area contributed by atoms with Crippen molar-refractivity contribution >= 4 is 37.7 Å². The second-order valence-electron chi connectivity index (χ2n) is 16.7. The van der Waals surface area contributed by atoms with Crippen LogP contribution in [-0.2, 0) is 6.42 Å². The van der Waals surface area contributed by atoms with E-state index in [1.165, 1.54) is 12.1 Å². The van der Waals surface area contributed by atoms with Gasteiger partial charge in [0.15, 0.2) is 5.82 Å². The van der Waals surface area contributed by atoms with Crippen LogP contribution < -0.4 is 19.7 Å². The molecule has 59 heavy (non-hydrogen) atoms. The number of nitrogens with one attached hydrogen (secondary N) is 1. The van der Waals surface area contributed by atoms with E-state index >= 15 is 8.78 Å². The van der Waals surface area contributed by atoms with E-state index in [1.807, 2.05) is 0 Å². The topological polar surface area (TPSA) is 75.6 Å². The van der Waals surface area contributed by atoms with E-state index in [4.69, 9.17) is 30.8 Å². The molecule has 4 saturated heterocycles. The molecule has 0 radical (unpaired) electrons. The summed E-state index contributed by atoms with van der Waals surface area (Å²) in [5.74, 6) is 1.46. The molecule has 0 aliphatic carbocycles. The zero-order valence-electron chi connectivity index (χ0n) is 31.9. The first-order valence-corrected chi connectivity index (χ1v) is 22.0. The van der Waals surface area contributed by atoms with Crippen LogP contribution in [0.1, 0.15) is 62.6 Å². The highest BCUT2D eigenvalue weighted by molar-refractivity contribution is 8.45. The monoisotopic (exact) mass is 838 g/mol. The molecule has 8 nitrogen and oxygen atoms in total. The van der Waals surface area contributed by atoms with E-state index < -0.39 is 32.3 Å². The van der Waals surface area contributed by atoms with Gasteiger partial charge in [-0.05, 0) is 87.9 Å². The second-order valence-corrected chi connectivity index (χ2v) is 19.1. The molecule has 0 unspecified atom stereocenters. The SMILES string of the molecule is C#Cc1c(F)ccc2cccc(-c3nc4c5c(nc(OC[C@@]67CCCN6[C@H](COc6cccc(S(F)(F)(F)(F)F)c6)CC7)nc5c3F)N3C[C@H]5CC[C@H](N5)[C@H]3CCC4)c12. The Balaban J connectivity index is 1.01. The van der Waals surface area contributed by atoms with Crippen molar-refractivity contribution in [1.29, 1.82) is 0 Å². The van der Waals surface area contributed by atoms with Crippen molar-refractivity contribution in [1.82, 2.24) is 25.2 Å². The summed E-state index contributed by atoms with van der Waals surface area (Å²) in [7, 11) is -9.88. The number of hydrogen-bond donors (Lipinski definition) is 1. The summed E-state index contributed by atoms with van der Waals surface area (Å²) >= 11 is 0. The Bertz CT molecular complexity index is 2590. The van der Waals surface area contributed by atoms with Gasteiger partial charge in [-0.15, -0.1) is 6.42 Å². The van der Waals surface area contributed by atoms with Crippen LogP contribution in [0.25, 0.3) is 32.9 Å². The van der Waals surface area contributed by atoms with Crippen LogP contribution in [0, 0.1) is 24.0 Å². The van der Waals surface area contributed by atoms with Gasteiger partial charge in [0, 0.05) is 47.7 Å². The number of ether oxygens (including phenoxy) is 2. The number of terminal acetylenes is 1. The Morgan fingerprint density at radius 2 is 1.75 bits per heavy atom. The van der Waals surface area contributed by atoms with Gasteiger partial charge in [-0.2, -0.15) is 9.97 Å². The Morgan fingerprint density at radius 3 is 2.58 bits per heavy atom. The number of anilines is 1. The van der Waals surface area contributed by atoms with E-state index in [1.54, 1.807) is 24.3 Å². The maximum atomic E-state index is 17.4. The molecule has 5 aliphatic heterocycles. The van der Waals surface area contributed by atoms with Crippen molar-refractivity contribution in [3.8, 4) is 35.4 Å². The summed E-state index contributed by atoms with van der Waals surface area (Å²) < 4.78 is 112. The van der Waals surface area contributed by atoms with Gasteiger partial charge in [0.2, 0.25) is 0 Å². The number of halogens is 7. The van der Waals surface area contributed by atoms with Crippen LogP contribution in [0.5, 0.6) is 11.8 Å². The van der Waals surface area contributed by atoms with Gasteiger partial charge in [-0.1, -0.05) is 55.7 Å². The minimum Gasteiger partial charge on any atom is -0.492 e. The van der Waals surface area contributed by atoms with Gasteiger partial charge in [0.1, 0.15) is 46.7 Å². The van der Waals surface area contributed by atoms with Crippen LogP contribution in [0.15, 0.2) is 59.5 Å². The number of pyridine rings is 1. The number of fused-ring (bicyclic) bond motifs is 7. The number of nitrogens with zero attached hydrogens (tertiary/aromatic N) is 5. The molecular weight excluding hydrogens is 798 g/mol. The van der Waals surface area contributed by atoms with E-state index in [0.717, 1.165) is 44.6 Å². The lowest BCUT2D eigenvalue weighted by Crippen LogP contribution is -2.58. The Labute approximate surface area is 336 Å². The van der Waals surface area contributed by atoms with Crippen molar-refractivity contribution < 1.29 is 37.7 Å². The molecule has 310 valence electrons. The molecular formula is C43H41F7N6O2S. The summed E-state index contributed by atoms with van der Waals surface area (Å²) in [4.78, 5) is 17.3. The number of aromatic nitrogens is 3. The first kappa shape index (κ1) is 38.4. The highest BCUT2D eigenvalue weighted by atomic mass is 32.5. The highest BCUT2D eigenvalue weighted by Gasteiger charge is 2.65. The quantitative estimate of drug-likeness (QED) is 0.122. The van der Waals surface area contributed by atoms with Crippen molar-refractivity contribution in [3.05, 3.63) is 77.5 Å². The molecule has 5 atom stereocenters. The number of hydrogen-bond acceptors (Lipinski definition) is 8. The fourth-order valence-corrected chi connectivity index (χ4v) is 11.2. The fourth-order valence-electron chi connectivity index (χ4n) is 10.5. The lowest BCUT2D eigenvalue weighted by molar-refractivity contribution is 0.0686. The van der Waals surface area contributed by atoms with Crippen LogP contribution in [0.3, 0.4) is 0 Å². The lowest BCUT2D eigenvalue weighted by atomic mass is 9.93. The predicted molar refractivity (Wildman–Crippen MR) is 213 cm³/mol. The molecule has 16 heteroatoms. The molecule has 0 amide bonds. The standard InChI is InChI=1S/C43H41F7N6O2S/c1-2-30-32(44)15-13-25-7-3-10-31(36(25)30)39-38(45)40-37-34(52-39)11-5-12-35-33-16-14-26(51-33)22-55(35)41(37)54-42(53-40)58-24-43-18-6-20-56(43)27(17-19-43)23-57-28-8-4-9-29(21-28)59(46,47,48,49)50/h1,3-4,7-10,13,15,21,26-27,33,35,51H,5-6,11-12,14,16-20,22-24H2/t26-,27+,33+,35-,43+/m1/s1. The van der Waals surface area contributed by atoms with Gasteiger partial charge in [-0.25, -0.2) is 13.8 Å². The van der Waals surface area contributed by atoms with Gasteiger partial charge in [-0.3, -0.25) is 4.90 Å². The van der Waals surface area contributed by atoms with Crippen LogP contribution in [-0.4, -0.2) is 75.9 Å². The van der Waals surface area contributed by atoms with Crippen molar-refractivity contribution in [2.45, 2.75) is 92.4 Å². The van der Waals surface area contributed by atoms with E-state index in [2.05, 4.69) is 21.0 Å². The van der Waals surface area contributed by atoms with Crippen LogP contribution >= 0.6 is 10.2 Å². The molecule has 5 aromatic rings. The van der Waals surface area contributed by atoms with Gasteiger partial charge in [0.05, 0.1) is 22.2 Å². The summed E-state index contributed by atoms with van der Waals surface area (Å²) in [6.45, 7) is 1.51. The Hall–Kier alpha value is -4.85. The summed E-state index contributed by atoms with van der Waals surface area (Å²) in [5.41, 5.74) is 0.605. The third kappa shape index (κ3) is 6.60. The van der Waals surface area contributed by atoms with Gasteiger partial charge >= 0.3 is 16.2 Å². The Kier molecular flexibility index (Phi) is 8.50. The zero-order chi connectivity index (χ0) is 41.0.